The highest BCUT2D eigenvalue weighted by molar-refractivity contribution is 5.56. The second-order valence-electron chi connectivity index (χ2n) is 3.96. The van der Waals surface area contributed by atoms with E-state index in [2.05, 4.69) is 12.2 Å². The van der Waals surface area contributed by atoms with Crippen molar-refractivity contribution in [3.8, 4) is 0 Å². The van der Waals surface area contributed by atoms with Gasteiger partial charge < -0.3 is 5.32 Å². The molecule has 1 aromatic rings. The first kappa shape index (κ1) is 13.9. The van der Waals surface area contributed by atoms with Gasteiger partial charge >= 0.3 is 6.18 Å². The number of hydrogen-bond acceptors (Lipinski definition) is 0. The molecule has 0 bridgehead atoms. The number of halogens is 3. The molecule has 0 aromatic heterocycles. The molecule has 0 N–H and O–H groups in total. The molecule has 0 amide bonds. The maximum absolute atomic E-state index is 12.6. The van der Waals surface area contributed by atoms with Crippen molar-refractivity contribution < 1.29 is 13.2 Å². The van der Waals surface area contributed by atoms with Crippen LogP contribution in [-0.4, -0.2) is 6.54 Å². The average Bonchev–Trinajstić information content (AvgIpc) is 2.28. The minimum Gasteiger partial charge on any atom is -0.684 e. The van der Waals surface area contributed by atoms with Gasteiger partial charge in [-0.2, -0.15) is 13.2 Å². The summed E-state index contributed by atoms with van der Waals surface area (Å²) in [5.74, 6) is 0. The second-order valence-corrected chi connectivity index (χ2v) is 3.96. The first-order chi connectivity index (χ1) is 8.05. The van der Waals surface area contributed by atoms with Gasteiger partial charge in [0.25, 0.3) is 0 Å². The molecule has 1 aromatic carbocycles. The third kappa shape index (κ3) is 4.67. The van der Waals surface area contributed by atoms with E-state index in [0.717, 1.165) is 31.7 Å². The van der Waals surface area contributed by atoms with E-state index < -0.39 is 11.7 Å². The lowest BCUT2D eigenvalue weighted by Gasteiger charge is -2.25. The van der Waals surface area contributed by atoms with Crippen LogP contribution in [0.3, 0.4) is 0 Å². The van der Waals surface area contributed by atoms with Gasteiger partial charge in [0, 0.05) is 5.56 Å². The zero-order valence-electron chi connectivity index (χ0n) is 9.93. The molecule has 1 rings (SSSR count). The maximum atomic E-state index is 12.6. The van der Waals surface area contributed by atoms with Gasteiger partial charge in [-0.15, -0.1) is 12.2 Å². The highest BCUT2D eigenvalue weighted by atomic mass is 19.4. The van der Waals surface area contributed by atoms with Crippen molar-refractivity contribution in [3.05, 3.63) is 35.1 Å². The van der Waals surface area contributed by atoms with Crippen molar-refractivity contribution in [3.63, 3.8) is 0 Å². The molecule has 4 heteroatoms. The largest absolute Gasteiger partial charge is 0.684 e. The van der Waals surface area contributed by atoms with Crippen LogP contribution in [0.2, 0.25) is 0 Å². The third-order valence-corrected chi connectivity index (χ3v) is 2.50. The van der Waals surface area contributed by atoms with Crippen LogP contribution in [0.25, 0.3) is 5.32 Å². The van der Waals surface area contributed by atoms with E-state index in [1.165, 1.54) is 12.1 Å². The Bertz CT molecular complexity index is 334. The summed E-state index contributed by atoms with van der Waals surface area (Å²) in [6.07, 6.45) is -0.229. The van der Waals surface area contributed by atoms with Crippen molar-refractivity contribution in [1.82, 2.24) is 0 Å². The summed E-state index contributed by atoms with van der Waals surface area (Å²) in [6, 6.07) is 5.46. The van der Waals surface area contributed by atoms with Crippen molar-refractivity contribution in [1.29, 1.82) is 0 Å². The van der Waals surface area contributed by atoms with Crippen LogP contribution in [0, 0.1) is 0 Å². The molecule has 0 radical (unpaired) electrons. The van der Waals surface area contributed by atoms with Gasteiger partial charge in [-0.3, -0.25) is 0 Å². The molecule has 0 unspecified atom stereocenters. The number of nitrogens with zero attached hydrogens (tertiary/aromatic N) is 1. The highest BCUT2D eigenvalue weighted by Gasteiger charge is 2.30. The molecule has 1 nitrogen and oxygen atoms in total. The van der Waals surface area contributed by atoms with E-state index >= 15 is 0 Å². The lowest BCUT2D eigenvalue weighted by atomic mass is 10.1. The lowest BCUT2D eigenvalue weighted by Crippen LogP contribution is -2.05. The summed E-state index contributed by atoms with van der Waals surface area (Å²) in [6.45, 7) is 2.56. The Morgan fingerprint density at radius 3 is 2.41 bits per heavy atom. The zero-order valence-corrected chi connectivity index (χ0v) is 9.93. The van der Waals surface area contributed by atoms with Crippen LogP contribution >= 0.6 is 0 Å². The average molecular weight is 244 g/mol. The van der Waals surface area contributed by atoms with Gasteiger partial charge in [0.05, 0.1) is 0 Å². The third-order valence-electron chi connectivity index (χ3n) is 2.50. The number of para-hydroxylation sites is 1. The Hall–Kier alpha value is -1.19. The summed E-state index contributed by atoms with van der Waals surface area (Å²) in [4.78, 5) is 0. The Balaban J connectivity index is 2.53. The van der Waals surface area contributed by atoms with Crippen LogP contribution in [0.4, 0.5) is 18.9 Å². The molecular weight excluding hydrogens is 227 g/mol. The van der Waals surface area contributed by atoms with Gasteiger partial charge in [0.2, 0.25) is 0 Å². The molecule has 0 fully saturated rings. The van der Waals surface area contributed by atoms with Gasteiger partial charge in [0.1, 0.15) is 0 Å². The first-order valence-electron chi connectivity index (χ1n) is 5.89. The minimum absolute atomic E-state index is 0.0523. The number of benzene rings is 1. The van der Waals surface area contributed by atoms with E-state index in [0.29, 0.717) is 6.54 Å². The molecule has 0 aliphatic carbocycles. The SMILES string of the molecule is CCCCCC[N-]c1ccccc1C(F)(F)F. The summed E-state index contributed by atoms with van der Waals surface area (Å²) in [7, 11) is 0. The van der Waals surface area contributed by atoms with Gasteiger partial charge in [-0.25, -0.2) is 0 Å². The van der Waals surface area contributed by atoms with E-state index in [-0.39, 0.29) is 5.69 Å². The molecule has 0 heterocycles. The molecule has 0 saturated heterocycles. The Morgan fingerprint density at radius 2 is 1.76 bits per heavy atom. The van der Waals surface area contributed by atoms with Gasteiger partial charge in [-0.05, 0) is 0 Å². The van der Waals surface area contributed by atoms with Crippen LogP contribution in [0.1, 0.15) is 38.2 Å². The predicted molar refractivity (Wildman–Crippen MR) is 63.5 cm³/mol. The summed E-state index contributed by atoms with van der Waals surface area (Å²) < 4.78 is 37.9. The molecule has 17 heavy (non-hydrogen) atoms. The van der Waals surface area contributed by atoms with Crippen molar-refractivity contribution in [2.24, 2.45) is 0 Å². The quantitative estimate of drug-likeness (QED) is 0.603. The molecular formula is C13H17F3N-. The Morgan fingerprint density at radius 1 is 1.06 bits per heavy atom. The maximum Gasteiger partial charge on any atom is 0.415 e. The van der Waals surface area contributed by atoms with Crippen LogP contribution in [0.15, 0.2) is 24.3 Å². The fraction of sp³-hybridized carbons (Fsp3) is 0.538. The summed E-state index contributed by atoms with van der Waals surface area (Å²) in [5, 5.41) is 4.02. The van der Waals surface area contributed by atoms with Crippen LogP contribution in [0.5, 0.6) is 0 Å². The van der Waals surface area contributed by atoms with E-state index in [1.54, 1.807) is 6.07 Å². The van der Waals surface area contributed by atoms with Gasteiger partial charge in [-0.1, -0.05) is 56.9 Å². The standard InChI is InChI=1S/C13H17F3N/c1-2-3-4-7-10-17-12-9-6-5-8-11(12)13(14,15)16/h5-6,8-9H,2-4,7,10H2,1H3/q-1. The zero-order chi connectivity index (χ0) is 12.7. The first-order valence-corrected chi connectivity index (χ1v) is 5.89. The molecule has 0 spiro atoms. The Labute approximate surface area is 100 Å². The van der Waals surface area contributed by atoms with Crippen molar-refractivity contribution in [2.45, 2.75) is 38.8 Å². The molecule has 96 valence electrons. The number of alkyl halides is 3. The normalized spacial score (nSPS) is 11.5. The fourth-order valence-electron chi connectivity index (χ4n) is 1.59. The number of rotatable bonds is 6. The topological polar surface area (TPSA) is 14.1 Å². The summed E-state index contributed by atoms with van der Waals surface area (Å²) in [5.41, 5.74) is -0.591. The predicted octanol–water partition coefficient (Wildman–Crippen LogP) is 5.29. The minimum atomic E-state index is -4.32. The number of hydrogen-bond donors (Lipinski definition) is 0. The number of unbranched alkanes of at least 4 members (excludes halogenated alkanes) is 3. The molecule has 0 atom stereocenters. The second kappa shape index (κ2) is 6.52. The molecule has 0 aliphatic heterocycles. The monoisotopic (exact) mass is 244 g/mol. The smallest absolute Gasteiger partial charge is 0.415 e. The van der Waals surface area contributed by atoms with E-state index in [4.69, 9.17) is 0 Å². The van der Waals surface area contributed by atoms with Gasteiger partial charge in [0.15, 0.2) is 0 Å². The van der Waals surface area contributed by atoms with Crippen molar-refractivity contribution in [2.75, 3.05) is 6.54 Å². The summed E-state index contributed by atoms with van der Waals surface area (Å²) >= 11 is 0. The van der Waals surface area contributed by atoms with Crippen LogP contribution < -0.4 is 0 Å². The fourth-order valence-corrected chi connectivity index (χ4v) is 1.59. The molecule has 0 aliphatic rings. The Kier molecular flexibility index (Phi) is 5.32. The van der Waals surface area contributed by atoms with E-state index in [9.17, 15) is 13.2 Å². The van der Waals surface area contributed by atoms with Crippen molar-refractivity contribution >= 4 is 5.69 Å². The highest BCUT2D eigenvalue weighted by Crippen LogP contribution is 2.37. The lowest BCUT2D eigenvalue weighted by molar-refractivity contribution is -0.136. The van der Waals surface area contributed by atoms with Crippen LogP contribution in [-0.2, 0) is 6.18 Å². The molecule has 0 saturated carbocycles. The van der Waals surface area contributed by atoms with E-state index in [1.807, 2.05) is 0 Å².